The smallest absolute Gasteiger partial charge is 0.333 e. The Morgan fingerprint density at radius 2 is 0.929 bits per heavy atom. The fourth-order valence-corrected chi connectivity index (χ4v) is 13.9. The van der Waals surface area contributed by atoms with Crippen LogP contribution < -0.4 is 25.5 Å². The number of hydrogen-bond acceptors (Lipinski definition) is 4. The van der Waals surface area contributed by atoms with E-state index < -0.39 is 0 Å². The van der Waals surface area contributed by atoms with E-state index in [4.69, 9.17) is 4.42 Å². The Morgan fingerprint density at radius 3 is 1.50 bits per heavy atom. The lowest BCUT2D eigenvalue weighted by molar-refractivity contribution is 0.332. The minimum Gasteiger partial charge on any atom is -0.456 e. The number of furan rings is 1. The number of rotatable bonds is 6. The molecule has 13 rings (SSSR count). The van der Waals surface area contributed by atoms with Gasteiger partial charge in [0.2, 0.25) is 0 Å². The van der Waals surface area contributed by atoms with Crippen LogP contribution >= 0.6 is 0 Å². The third-order valence-corrected chi connectivity index (χ3v) is 19.2. The van der Waals surface area contributed by atoms with Crippen molar-refractivity contribution >= 4 is 85.2 Å². The minimum absolute atomic E-state index is 0.00710. The van der Waals surface area contributed by atoms with E-state index in [1.165, 1.54) is 83.2 Å². The molecule has 0 unspecified atom stereocenters. The van der Waals surface area contributed by atoms with Crippen molar-refractivity contribution in [3.05, 3.63) is 215 Å². The summed E-state index contributed by atoms with van der Waals surface area (Å²) in [6, 6.07) is 68.3. The van der Waals surface area contributed by atoms with Gasteiger partial charge in [-0.1, -0.05) is 190 Å². The second-order valence-corrected chi connectivity index (χ2v) is 30.3. The predicted molar refractivity (Wildman–Crippen MR) is 362 cm³/mol. The lowest BCUT2D eigenvalue weighted by atomic mass is 9.43. The van der Waals surface area contributed by atoms with Crippen molar-refractivity contribution in [3.8, 4) is 22.3 Å². The lowest BCUT2D eigenvalue weighted by Crippen LogP contribution is -2.61. The van der Waals surface area contributed by atoms with E-state index in [2.05, 4.69) is 308 Å². The molecule has 0 N–H and O–H groups in total. The Bertz CT molecular complexity index is 4170. The molecule has 0 saturated heterocycles. The quantitative estimate of drug-likeness (QED) is 0.155. The minimum atomic E-state index is -0.243. The number of nitrogens with zero attached hydrogens (tertiary/aromatic N) is 3. The van der Waals surface area contributed by atoms with Gasteiger partial charge in [-0.3, -0.25) is 0 Å². The van der Waals surface area contributed by atoms with Crippen molar-refractivity contribution in [2.24, 2.45) is 0 Å². The van der Waals surface area contributed by atoms with Crippen LogP contribution in [0, 0.1) is 6.92 Å². The number of anilines is 8. The zero-order valence-corrected chi connectivity index (χ0v) is 53.0. The standard InChI is InChI=1S/C79H84BN3O/c1-49-41-63-60-45-61-62-46-64-65(79(16,17)40-39-78(64,14)15)47-71(62)84-72(61)48-69(60)83(57-34-27-53(28-35-57)76(8,9)10)80-66-44-58(81(55-30-23-51(24-31-55)74(2,3)4)56-32-25-52(26-33-56)75(5,6)7)36-38-68(66)82(70(42-49)73(63)80)67-37-29-54(77(11,12)13)43-59(67)50-21-19-18-20-22-50/h18-38,41-48H,39-40H2,1-17H3. The van der Waals surface area contributed by atoms with Gasteiger partial charge in [-0.2, -0.15) is 0 Å². The number of hydrogen-bond donors (Lipinski definition) is 0. The van der Waals surface area contributed by atoms with E-state index in [0.717, 1.165) is 69.2 Å². The van der Waals surface area contributed by atoms with Crippen molar-refractivity contribution in [1.82, 2.24) is 0 Å². The summed E-state index contributed by atoms with van der Waals surface area (Å²) in [7, 11) is 0. The van der Waals surface area contributed by atoms with Gasteiger partial charge >= 0.3 is 6.85 Å². The number of aryl methyl sites for hydroxylation is 1. The highest BCUT2D eigenvalue weighted by Gasteiger charge is 2.47. The molecule has 10 aromatic rings. The van der Waals surface area contributed by atoms with Crippen molar-refractivity contribution in [1.29, 1.82) is 0 Å². The van der Waals surface area contributed by atoms with E-state index >= 15 is 0 Å². The SMILES string of the molecule is Cc1cc2c3c(c1)N(c1ccc(C(C)(C)C)cc1-c1ccccc1)c1ccc(N(c4ccc(C(C)(C)C)cc4)c4ccc(C(C)(C)C)cc4)cc1B3N(c1ccc(C(C)(C)C)cc1)c1cc3oc4cc5c(cc4c3cc1-2)C(C)(C)CCC5(C)C. The van der Waals surface area contributed by atoms with Gasteiger partial charge in [-0.25, -0.2) is 0 Å². The third-order valence-electron chi connectivity index (χ3n) is 19.2. The Balaban J connectivity index is 1.14. The fraction of sp³-hybridized carbons (Fsp3) is 0.316. The van der Waals surface area contributed by atoms with Gasteiger partial charge in [-0.15, -0.1) is 0 Å². The summed E-state index contributed by atoms with van der Waals surface area (Å²) in [5.74, 6) is 0. The number of benzene rings is 9. The molecule has 1 aliphatic carbocycles. The molecule has 1 aromatic heterocycles. The van der Waals surface area contributed by atoms with Crippen LogP contribution in [0.5, 0.6) is 0 Å². The molecule has 0 fully saturated rings. The second-order valence-electron chi connectivity index (χ2n) is 30.3. The molecule has 2 aliphatic heterocycles. The van der Waals surface area contributed by atoms with Crippen LogP contribution in [0.3, 0.4) is 0 Å². The van der Waals surface area contributed by atoms with E-state index in [1.807, 2.05) is 0 Å². The molecule has 0 amide bonds. The van der Waals surface area contributed by atoms with Gasteiger partial charge in [0.05, 0.1) is 5.69 Å². The molecule has 0 saturated carbocycles. The summed E-state index contributed by atoms with van der Waals surface area (Å²) in [6.45, 7) is 39.4. The summed E-state index contributed by atoms with van der Waals surface area (Å²) in [4.78, 5) is 7.75. The molecule has 0 atom stereocenters. The topological polar surface area (TPSA) is 22.9 Å². The molecule has 3 aliphatic rings. The second kappa shape index (κ2) is 19.1. The summed E-state index contributed by atoms with van der Waals surface area (Å²) in [6.07, 6.45) is 2.30. The van der Waals surface area contributed by atoms with Gasteiger partial charge in [0.1, 0.15) is 11.2 Å². The normalized spacial score (nSPS) is 15.5. The molecule has 9 aromatic carbocycles. The van der Waals surface area contributed by atoms with Crippen LogP contribution in [0.15, 0.2) is 180 Å². The first kappa shape index (κ1) is 55.4. The van der Waals surface area contributed by atoms with E-state index in [-0.39, 0.29) is 39.3 Å². The first-order chi connectivity index (χ1) is 39.5. The highest BCUT2D eigenvalue weighted by atomic mass is 16.3. The van der Waals surface area contributed by atoms with Crippen molar-refractivity contribution in [2.75, 3.05) is 14.6 Å². The van der Waals surface area contributed by atoms with Gasteiger partial charge in [0, 0.05) is 67.8 Å². The maximum absolute atomic E-state index is 7.21. The molecule has 4 nitrogen and oxygen atoms in total. The summed E-state index contributed by atoms with van der Waals surface area (Å²) < 4.78 is 7.21. The Hall–Kier alpha value is -7.76. The van der Waals surface area contributed by atoms with Crippen LogP contribution in [-0.4, -0.2) is 6.85 Å². The molecule has 0 radical (unpaired) electrons. The predicted octanol–water partition coefficient (Wildman–Crippen LogP) is 21.3. The zero-order valence-electron chi connectivity index (χ0n) is 53.0. The van der Waals surface area contributed by atoms with Crippen LogP contribution in [0.4, 0.5) is 45.5 Å². The maximum Gasteiger partial charge on any atom is 0.333 e. The molecule has 3 heterocycles. The Labute approximate surface area is 501 Å². The zero-order chi connectivity index (χ0) is 59.4. The van der Waals surface area contributed by atoms with Gasteiger partial charge < -0.3 is 19.0 Å². The molecular weight excluding hydrogens is 1020 g/mol. The summed E-state index contributed by atoms with van der Waals surface area (Å²) in [5.41, 5.74) is 27.7. The Kier molecular flexibility index (Phi) is 12.6. The van der Waals surface area contributed by atoms with E-state index in [9.17, 15) is 0 Å². The van der Waals surface area contributed by atoms with Gasteiger partial charge in [-0.05, 0) is 204 Å². The first-order valence-corrected chi connectivity index (χ1v) is 30.8. The highest BCUT2D eigenvalue weighted by Crippen LogP contribution is 2.54. The van der Waals surface area contributed by atoms with Gasteiger partial charge in [0.25, 0.3) is 0 Å². The largest absolute Gasteiger partial charge is 0.456 e. The van der Waals surface area contributed by atoms with Gasteiger partial charge in [0.15, 0.2) is 0 Å². The molecule has 5 heteroatoms. The molecule has 0 spiro atoms. The van der Waals surface area contributed by atoms with Crippen molar-refractivity contribution in [3.63, 3.8) is 0 Å². The summed E-state index contributed by atoms with van der Waals surface area (Å²) in [5, 5.41) is 2.35. The van der Waals surface area contributed by atoms with E-state index in [1.54, 1.807) is 0 Å². The van der Waals surface area contributed by atoms with Crippen LogP contribution in [-0.2, 0) is 32.5 Å². The van der Waals surface area contributed by atoms with Crippen LogP contribution in [0.2, 0.25) is 0 Å². The highest BCUT2D eigenvalue weighted by molar-refractivity contribution is 6.93. The molecule has 424 valence electrons. The average Bonchev–Trinajstić information content (AvgIpc) is 1.08. The molecule has 84 heavy (non-hydrogen) atoms. The van der Waals surface area contributed by atoms with E-state index in [0.29, 0.717) is 0 Å². The van der Waals surface area contributed by atoms with Crippen LogP contribution in [0.25, 0.3) is 44.2 Å². The van der Waals surface area contributed by atoms with Crippen LogP contribution in [0.1, 0.15) is 163 Å². The Morgan fingerprint density at radius 1 is 0.429 bits per heavy atom. The monoisotopic (exact) mass is 1100 g/mol. The summed E-state index contributed by atoms with van der Waals surface area (Å²) >= 11 is 0. The first-order valence-electron chi connectivity index (χ1n) is 30.8. The molecule has 0 bridgehead atoms. The average molecular weight is 1100 g/mol. The maximum atomic E-state index is 7.21. The number of fused-ring (bicyclic) bond motifs is 8. The molecular formula is C79H84BN3O. The third kappa shape index (κ3) is 9.27. The lowest BCUT2D eigenvalue weighted by Gasteiger charge is -2.46. The fourth-order valence-electron chi connectivity index (χ4n) is 13.9. The van der Waals surface area contributed by atoms with Crippen molar-refractivity contribution < 1.29 is 4.42 Å². The van der Waals surface area contributed by atoms with Crippen molar-refractivity contribution in [2.45, 2.75) is 163 Å².